The first kappa shape index (κ1) is 15.4. The number of sulfonamides is 1. The summed E-state index contributed by atoms with van der Waals surface area (Å²) < 4.78 is 31.4. The molecule has 20 heavy (non-hydrogen) atoms. The lowest BCUT2D eigenvalue weighted by Gasteiger charge is -2.22. The molecule has 1 aromatic heterocycles. The van der Waals surface area contributed by atoms with Crippen LogP contribution in [-0.4, -0.2) is 37.8 Å². The number of carbonyl (C=O) groups excluding carboxylic acids is 1. The number of ether oxygens (including phenoxy) is 1. The van der Waals surface area contributed by atoms with Crippen LogP contribution in [0.15, 0.2) is 0 Å². The van der Waals surface area contributed by atoms with Gasteiger partial charge in [0.15, 0.2) is 0 Å². The van der Waals surface area contributed by atoms with Crippen molar-refractivity contribution in [3.8, 4) is 0 Å². The molecule has 0 aromatic carbocycles. The van der Waals surface area contributed by atoms with Gasteiger partial charge in [-0.1, -0.05) is 0 Å². The first-order valence-corrected chi connectivity index (χ1v) is 8.95. The fourth-order valence-corrected chi connectivity index (χ4v) is 4.18. The summed E-state index contributed by atoms with van der Waals surface area (Å²) in [5, 5.41) is 0.737. The normalized spacial score (nSPS) is 19.8. The maximum Gasteiger partial charge on any atom is 0.284 e. The average Bonchev–Trinajstić information content (AvgIpc) is 2.68. The molecular weight excluding hydrogens is 300 g/mol. The van der Waals surface area contributed by atoms with Gasteiger partial charge in [0.1, 0.15) is 5.69 Å². The van der Waals surface area contributed by atoms with Gasteiger partial charge in [-0.05, 0) is 33.1 Å². The Balaban J connectivity index is 2.00. The smallest absolute Gasteiger partial charge is 0.284 e. The van der Waals surface area contributed by atoms with Crippen LogP contribution in [0.1, 0.15) is 39.6 Å². The molecule has 112 valence electrons. The Hall–Kier alpha value is -0.990. The van der Waals surface area contributed by atoms with Crippen LogP contribution in [0.2, 0.25) is 0 Å². The van der Waals surface area contributed by atoms with Crippen molar-refractivity contribution in [3.63, 3.8) is 0 Å². The van der Waals surface area contributed by atoms with E-state index in [1.54, 1.807) is 13.8 Å². The van der Waals surface area contributed by atoms with Crippen molar-refractivity contribution in [2.45, 2.75) is 39.2 Å². The van der Waals surface area contributed by atoms with Crippen LogP contribution in [0.5, 0.6) is 0 Å². The van der Waals surface area contributed by atoms with Gasteiger partial charge in [0.05, 0.1) is 16.9 Å². The van der Waals surface area contributed by atoms with E-state index in [0.717, 1.165) is 17.8 Å². The van der Waals surface area contributed by atoms with Gasteiger partial charge in [0, 0.05) is 11.5 Å². The van der Waals surface area contributed by atoms with E-state index in [-0.39, 0.29) is 17.6 Å². The zero-order valence-electron chi connectivity index (χ0n) is 11.5. The molecule has 2 heterocycles. The van der Waals surface area contributed by atoms with Crippen molar-refractivity contribution < 1.29 is 17.9 Å². The molecule has 1 aliphatic rings. The fraction of sp³-hybridized carbons (Fsp3) is 0.667. The fourth-order valence-electron chi connectivity index (χ4n) is 2.15. The summed E-state index contributed by atoms with van der Waals surface area (Å²) in [6, 6.07) is 0. The quantitative estimate of drug-likeness (QED) is 0.906. The summed E-state index contributed by atoms with van der Waals surface area (Å²) in [6.07, 6.45) is 2.30. The highest BCUT2D eigenvalue weighted by Crippen LogP contribution is 2.17. The van der Waals surface area contributed by atoms with Gasteiger partial charge in [0.2, 0.25) is 10.0 Å². The van der Waals surface area contributed by atoms with Crippen LogP contribution < -0.4 is 4.72 Å². The van der Waals surface area contributed by atoms with Gasteiger partial charge in [-0.2, -0.15) is 0 Å². The van der Waals surface area contributed by atoms with Crippen LogP contribution in [0.25, 0.3) is 0 Å². The lowest BCUT2D eigenvalue weighted by Crippen LogP contribution is -2.38. The molecular formula is C12H18N2O4S2. The Morgan fingerprint density at radius 2 is 2.20 bits per heavy atom. The van der Waals surface area contributed by atoms with Crippen LogP contribution in [0, 0.1) is 13.8 Å². The Morgan fingerprint density at radius 1 is 1.45 bits per heavy atom. The molecule has 0 spiro atoms. The summed E-state index contributed by atoms with van der Waals surface area (Å²) in [7, 11) is -3.70. The number of carbonyl (C=O) groups is 1. The number of nitrogens with one attached hydrogen (secondary N) is 1. The second-order valence-corrected chi connectivity index (χ2v) is 8.01. The predicted molar refractivity (Wildman–Crippen MR) is 76.4 cm³/mol. The second kappa shape index (κ2) is 6.19. The predicted octanol–water partition coefficient (Wildman–Crippen LogP) is 1.39. The molecule has 0 saturated carbocycles. The highest BCUT2D eigenvalue weighted by molar-refractivity contribution is 7.90. The second-order valence-electron chi connectivity index (χ2n) is 4.84. The highest BCUT2D eigenvalue weighted by Gasteiger charge is 2.25. The van der Waals surface area contributed by atoms with E-state index in [9.17, 15) is 13.2 Å². The molecule has 1 unspecified atom stereocenters. The standard InChI is InChI=1S/C12H18N2O4S2/c1-8-11(13-9(2)19-8)12(15)14-20(16,17)7-10-5-3-4-6-18-10/h10H,3-7H2,1-2H3,(H,14,15). The van der Waals surface area contributed by atoms with E-state index in [1.807, 2.05) is 0 Å². The molecule has 1 aromatic rings. The molecule has 1 fully saturated rings. The molecule has 1 atom stereocenters. The van der Waals surface area contributed by atoms with Gasteiger partial charge in [-0.15, -0.1) is 11.3 Å². The molecule has 1 aliphatic heterocycles. The Bertz CT molecular complexity index is 589. The van der Waals surface area contributed by atoms with Crippen LogP contribution in [-0.2, 0) is 14.8 Å². The number of nitrogens with zero attached hydrogens (tertiary/aromatic N) is 1. The molecule has 1 N–H and O–H groups in total. The Labute approximate surface area is 122 Å². The first-order chi connectivity index (χ1) is 9.37. The van der Waals surface area contributed by atoms with Gasteiger partial charge < -0.3 is 4.74 Å². The van der Waals surface area contributed by atoms with E-state index >= 15 is 0 Å². The maximum atomic E-state index is 12.0. The minimum Gasteiger partial charge on any atom is -0.377 e. The van der Waals surface area contributed by atoms with E-state index in [1.165, 1.54) is 11.3 Å². The molecule has 1 saturated heterocycles. The van der Waals surface area contributed by atoms with Crippen LogP contribution in [0.3, 0.4) is 0 Å². The van der Waals surface area contributed by atoms with Crippen molar-refractivity contribution in [2.24, 2.45) is 0 Å². The monoisotopic (exact) mass is 318 g/mol. The topological polar surface area (TPSA) is 85.4 Å². The summed E-state index contributed by atoms with van der Waals surface area (Å²) >= 11 is 1.37. The van der Waals surface area contributed by atoms with Gasteiger partial charge in [0.25, 0.3) is 5.91 Å². The number of aromatic nitrogens is 1. The van der Waals surface area contributed by atoms with Crippen LogP contribution in [0.4, 0.5) is 0 Å². The van der Waals surface area contributed by atoms with Crippen molar-refractivity contribution in [1.82, 2.24) is 9.71 Å². The average molecular weight is 318 g/mol. The SMILES string of the molecule is Cc1nc(C(=O)NS(=O)(=O)CC2CCCCO2)c(C)s1. The highest BCUT2D eigenvalue weighted by atomic mass is 32.2. The van der Waals surface area contributed by atoms with E-state index in [0.29, 0.717) is 17.9 Å². The Morgan fingerprint density at radius 3 is 2.75 bits per heavy atom. The minimum absolute atomic E-state index is 0.180. The number of hydrogen-bond donors (Lipinski definition) is 1. The number of aryl methyl sites for hydroxylation is 2. The summed E-state index contributed by atoms with van der Waals surface area (Å²) in [4.78, 5) is 16.7. The largest absolute Gasteiger partial charge is 0.377 e. The molecule has 0 aliphatic carbocycles. The Kier molecular flexibility index (Phi) is 4.77. The summed E-state index contributed by atoms with van der Waals surface area (Å²) in [6.45, 7) is 4.10. The van der Waals surface area contributed by atoms with Gasteiger partial charge in [-0.3, -0.25) is 4.79 Å². The number of rotatable bonds is 4. The number of hydrogen-bond acceptors (Lipinski definition) is 6. The van der Waals surface area contributed by atoms with Crippen LogP contribution >= 0.6 is 11.3 Å². The number of thiazole rings is 1. The molecule has 8 heteroatoms. The van der Waals surface area contributed by atoms with E-state index < -0.39 is 15.9 Å². The maximum absolute atomic E-state index is 12.0. The third-order valence-electron chi connectivity index (χ3n) is 3.05. The van der Waals surface area contributed by atoms with E-state index in [2.05, 4.69) is 9.71 Å². The summed E-state index contributed by atoms with van der Waals surface area (Å²) in [5.74, 6) is -0.844. The van der Waals surface area contributed by atoms with E-state index in [4.69, 9.17) is 4.74 Å². The van der Waals surface area contributed by atoms with Crippen molar-refractivity contribution in [3.05, 3.63) is 15.6 Å². The zero-order chi connectivity index (χ0) is 14.8. The van der Waals surface area contributed by atoms with Crippen molar-refractivity contribution >= 4 is 27.3 Å². The van der Waals surface area contributed by atoms with Gasteiger partial charge >= 0.3 is 0 Å². The summed E-state index contributed by atoms with van der Waals surface area (Å²) in [5.41, 5.74) is 0.181. The molecule has 6 nitrogen and oxygen atoms in total. The lowest BCUT2D eigenvalue weighted by molar-refractivity contribution is 0.0304. The molecule has 2 rings (SSSR count). The van der Waals surface area contributed by atoms with Crippen molar-refractivity contribution in [1.29, 1.82) is 0 Å². The third-order valence-corrected chi connectivity index (χ3v) is 5.24. The molecule has 1 amide bonds. The van der Waals surface area contributed by atoms with Crippen molar-refractivity contribution in [2.75, 3.05) is 12.4 Å². The van der Waals surface area contributed by atoms with Gasteiger partial charge in [-0.25, -0.2) is 18.1 Å². The molecule has 0 bridgehead atoms. The third kappa shape index (κ3) is 4.00. The number of amides is 1. The first-order valence-electron chi connectivity index (χ1n) is 6.48. The minimum atomic E-state index is -3.70. The zero-order valence-corrected chi connectivity index (χ0v) is 13.1. The molecule has 0 radical (unpaired) electrons. The lowest BCUT2D eigenvalue weighted by atomic mass is 10.1.